The Kier molecular flexibility index (Phi) is 4.00. The lowest BCUT2D eigenvalue weighted by atomic mass is 10.1. The molecule has 1 aromatic heterocycles. The first kappa shape index (κ1) is 14.4. The summed E-state index contributed by atoms with van der Waals surface area (Å²) in [5, 5.41) is 0. The van der Waals surface area contributed by atoms with Crippen molar-refractivity contribution in [2.75, 3.05) is 13.1 Å². The van der Waals surface area contributed by atoms with Crippen LogP contribution >= 0.6 is 0 Å². The fraction of sp³-hybridized carbons (Fsp3) is 0.312. The molecule has 0 unspecified atom stereocenters. The Morgan fingerprint density at radius 3 is 2.73 bits per heavy atom. The van der Waals surface area contributed by atoms with Crippen molar-refractivity contribution in [2.24, 2.45) is 0 Å². The predicted octanol–water partition coefficient (Wildman–Crippen LogP) is 1.08. The fourth-order valence-electron chi connectivity index (χ4n) is 2.68. The van der Waals surface area contributed by atoms with Crippen molar-refractivity contribution < 1.29 is 9.18 Å². The second-order valence-electron chi connectivity index (χ2n) is 5.34. The zero-order valence-corrected chi connectivity index (χ0v) is 12.0. The molecule has 6 heteroatoms. The zero-order chi connectivity index (χ0) is 15.5. The van der Waals surface area contributed by atoms with Crippen molar-refractivity contribution in [1.29, 1.82) is 0 Å². The molecule has 1 amide bonds. The molecule has 0 atom stereocenters. The molecular weight excluding hydrogens is 285 g/mol. The van der Waals surface area contributed by atoms with Gasteiger partial charge in [-0.15, -0.1) is 0 Å². The lowest BCUT2D eigenvalue weighted by Gasteiger charge is -2.20. The fourth-order valence-corrected chi connectivity index (χ4v) is 2.68. The summed E-state index contributed by atoms with van der Waals surface area (Å²) >= 11 is 0. The van der Waals surface area contributed by atoms with Gasteiger partial charge in [-0.1, -0.05) is 12.1 Å². The van der Waals surface area contributed by atoms with Gasteiger partial charge in [0, 0.05) is 25.1 Å². The number of aromatic amines is 1. The van der Waals surface area contributed by atoms with Crippen LogP contribution in [-0.4, -0.2) is 33.9 Å². The number of carbonyl (C=O) groups excluding carboxylic acids is 1. The summed E-state index contributed by atoms with van der Waals surface area (Å²) < 4.78 is 12.9. The lowest BCUT2D eigenvalue weighted by Crippen LogP contribution is -2.34. The van der Waals surface area contributed by atoms with Crippen molar-refractivity contribution >= 4 is 5.91 Å². The van der Waals surface area contributed by atoms with Gasteiger partial charge in [-0.3, -0.25) is 9.59 Å². The normalized spacial score (nSPS) is 14.3. The Labute approximate surface area is 126 Å². The van der Waals surface area contributed by atoms with Crippen molar-refractivity contribution in [3.63, 3.8) is 0 Å². The van der Waals surface area contributed by atoms with E-state index in [0.29, 0.717) is 31.5 Å². The maximum Gasteiger partial charge on any atom is 0.254 e. The van der Waals surface area contributed by atoms with Gasteiger partial charge < -0.3 is 9.88 Å². The number of nitrogens with zero attached hydrogens (tertiary/aromatic N) is 2. The maximum absolute atomic E-state index is 12.9. The molecule has 1 aliphatic heterocycles. The van der Waals surface area contributed by atoms with E-state index in [0.717, 1.165) is 11.3 Å². The summed E-state index contributed by atoms with van der Waals surface area (Å²) in [4.78, 5) is 32.7. The van der Waals surface area contributed by atoms with Crippen molar-refractivity contribution in [3.05, 3.63) is 63.6 Å². The monoisotopic (exact) mass is 301 g/mol. The van der Waals surface area contributed by atoms with Crippen LogP contribution in [0.1, 0.15) is 16.8 Å². The SMILES string of the molecule is O=C(Cc1ccc(F)cc1)N1CCc2nc[nH]c(=O)c2CC1. The minimum absolute atomic E-state index is 0.0177. The molecule has 1 aromatic carbocycles. The lowest BCUT2D eigenvalue weighted by molar-refractivity contribution is -0.130. The zero-order valence-electron chi connectivity index (χ0n) is 12.0. The van der Waals surface area contributed by atoms with E-state index in [1.807, 2.05) is 0 Å². The van der Waals surface area contributed by atoms with Gasteiger partial charge in [-0.2, -0.15) is 0 Å². The Balaban J connectivity index is 1.69. The van der Waals surface area contributed by atoms with Crippen molar-refractivity contribution in [1.82, 2.24) is 14.9 Å². The molecule has 114 valence electrons. The molecule has 5 nitrogen and oxygen atoms in total. The van der Waals surface area contributed by atoms with Crippen LogP contribution in [0.4, 0.5) is 4.39 Å². The molecule has 3 rings (SSSR count). The average Bonchev–Trinajstić information content (AvgIpc) is 2.73. The summed E-state index contributed by atoms with van der Waals surface area (Å²) in [6.45, 7) is 1.05. The number of hydrogen-bond acceptors (Lipinski definition) is 3. The Morgan fingerprint density at radius 2 is 1.95 bits per heavy atom. The number of aromatic nitrogens is 2. The van der Waals surface area contributed by atoms with E-state index in [2.05, 4.69) is 9.97 Å². The van der Waals surface area contributed by atoms with Crippen molar-refractivity contribution in [2.45, 2.75) is 19.3 Å². The first-order chi connectivity index (χ1) is 10.6. The molecule has 0 saturated carbocycles. The van der Waals surface area contributed by atoms with E-state index < -0.39 is 0 Å². The van der Waals surface area contributed by atoms with Gasteiger partial charge in [0.15, 0.2) is 0 Å². The van der Waals surface area contributed by atoms with E-state index in [9.17, 15) is 14.0 Å². The highest BCUT2D eigenvalue weighted by Crippen LogP contribution is 2.12. The van der Waals surface area contributed by atoms with Crippen LogP contribution in [-0.2, 0) is 24.1 Å². The van der Waals surface area contributed by atoms with Gasteiger partial charge in [0.05, 0.1) is 18.4 Å². The summed E-state index contributed by atoms with van der Waals surface area (Å²) in [6.07, 6.45) is 2.72. The van der Waals surface area contributed by atoms with E-state index in [1.165, 1.54) is 18.5 Å². The van der Waals surface area contributed by atoms with E-state index in [1.54, 1.807) is 17.0 Å². The van der Waals surface area contributed by atoms with E-state index in [4.69, 9.17) is 0 Å². The molecule has 1 aliphatic rings. The van der Waals surface area contributed by atoms with Crippen LogP contribution in [0.5, 0.6) is 0 Å². The van der Waals surface area contributed by atoms with Crippen molar-refractivity contribution in [3.8, 4) is 0 Å². The van der Waals surface area contributed by atoms with Crippen LogP contribution in [0.25, 0.3) is 0 Å². The van der Waals surface area contributed by atoms with Crippen LogP contribution in [0.15, 0.2) is 35.4 Å². The smallest absolute Gasteiger partial charge is 0.254 e. The highest BCUT2D eigenvalue weighted by atomic mass is 19.1. The Hall–Kier alpha value is -2.50. The standard InChI is InChI=1S/C16H16FN3O2/c17-12-3-1-11(2-4-12)9-15(21)20-7-5-13-14(6-8-20)18-10-19-16(13)22/h1-4,10H,5-9H2,(H,18,19,22). The van der Waals surface area contributed by atoms with Gasteiger partial charge in [0.1, 0.15) is 5.82 Å². The maximum atomic E-state index is 12.9. The van der Waals surface area contributed by atoms with Gasteiger partial charge in [-0.05, 0) is 24.1 Å². The third-order valence-corrected chi connectivity index (χ3v) is 3.91. The predicted molar refractivity (Wildman–Crippen MR) is 78.9 cm³/mol. The number of carbonyl (C=O) groups is 1. The highest BCUT2D eigenvalue weighted by molar-refractivity contribution is 5.78. The molecule has 0 fully saturated rings. The third-order valence-electron chi connectivity index (χ3n) is 3.91. The molecule has 2 heterocycles. The van der Waals surface area contributed by atoms with E-state index in [-0.39, 0.29) is 23.7 Å². The van der Waals surface area contributed by atoms with Crippen LogP contribution in [0.2, 0.25) is 0 Å². The summed E-state index contributed by atoms with van der Waals surface area (Å²) in [5.74, 6) is -0.331. The molecular formula is C16H16FN3O2. The van der Waals surface area contributed by atoms with Gasteiger partial charge in [0.25, 0.3) is 5.56 Å². The number of benzene rings is 1. The van der Waals surface area contributed by atoms with Gasteiger partial charge in [-0.25, -0.2) is 9.37 Å². The molecule has 0 saturated heterocycles. The number of hydrogen-bond donors (Lipinski definition) is 1. The first-order valence-corrected chi connectivity index (χ1v) is 7.21. The molecule has 0 radical (unpaired) electrons. The molecule has 22 heavy (non-hydrogen) atoms. The first-order valence-electron chi connectivity index (χ1n) is 7.21. The molecule has 0 bridgehead atoms. The second kappa shape index (κ2) is 6.09. The van der Waals surface area contributed by atoms with Crippen LogP contribution in [0.3, 0.4) is 0 Å². The average molecular weight is 301 g/mol. The second-order valence-corrected chi connectivity index (χ2v) is 5.34. The quantitative estimate of drug-likeness (QED) is 0.902. The number of halogens is 1. The Bertz CT molecular complexity index is 740. The van der Waals surface area contributed by atoms with E-state index >= 15 is 0 Å². The topological polar surface area (TPSA) is 66.1 Å². The summed E-state index contributed by atoms with van der Waals surface area (Å²) in [7, 11) is 0. The largest absolute Gasteiger partial charge is 0.342 e. The molecule has 1 N–H and O–H groups in total. The summed E-state index contributed by atoms with van der Waals surface area (Å²) in [5.41, 5.74) is 2.09. The minimum atomic E-state index is -0.313. The number of amides is 1. The van der Waals surface area contributed by atoms with Crippen LogP contribution in [0, 0.1) is 5.82 Å². The van der Waals surface area contributed by atoms with Gasteiger partial charge >= 0.3 is 0 Å². The number of rotatable bonds is 2. The Morgan fingerprint density at radius 1 is 1.23 bits per heavy atom. The van der Waals surface area contributed by atoms with Crippen LogP contribution < -0.4 is 5.56 Å². The minimum Gasteiger partial charge on any atom is -0.342 e. The third kappa shape index (κ3) is 3.05. The number of H-pyrrole nitrogens is 1. The summed E-state index contributed by atoms with van der Waals surface area (Å²) in [6, 6.07) is 5.94. The number of nitrogens with one attached hydrogen (secondary N) is 1. The molecule has 0 aliphatic carbocycles. The molecule has 0 spiro atoms. The number of fused-ring (bicyclic) bond motifs is 1. The van der Waals surface area contributed by atoms with Gasteiger partial charge in [0.2, 0.25) is 5.91 Å². The molecule has 2 aromatic rings. The highest BCUT2D eigenvalue weighted by Gasteiger charge is 2.20.